The van der Waals surface area contributed by atoms with Crippen LogP contribution in [0, 0.1) is 12.8 Å². The Morgan fingerprint density at radius 2 is 1.94 bits per heavy atom. The molecule has 104 valence electrons. The van der Waals surface area contributed by atoms with Crippen molar-refractivity contribution >= 4 is 10.0 Å². The molecule has 0 aliphatic rings. The summed E-state index contributed by atoms with van der Waals surface area (Å²) in [6.45, 7) is 7.02. The third-order valence-corrected chi connectivity index (χ3v) is 5.43. The van der Waals surface area contributed by atoms with Crippen LogP contribution in [0.5, 0.6) is 0 Å². The van der Waals surface area contributed by atoms with Crippen LogP contribution < -0.4 is 0 Å². The van der Waals surface area contributed by atoms with E-state index in [0.29, 0.717) is 5.69 Å². The van der Waals surface area contributed by atoms with Crippen molar-refractivity contribution < 1.29 is 13.5 Å². The average Bonchev–Trinajstić information content (AvgIpc) is 2.68. The molecule has 0 spiro atoms. The molecule has 0 bridgehead atoms. The summed E-state index contributed by atoms with van der Waals surface area (Å²) in [4.78, 5) is 0.0833. The number of sulfonamides is 1. The number of aryl methyl sites for hydroxylation is 1. The fourth-order valence-corrected chi connectivity index (χ4v) is 3.51. The number of rotatable bonds is 5. The molecule has 1 aromatic rings. The van der Waals surface area contributed by atoms with E-state index in [2.05, 4.69) is 10.2 Å². The molecule has 1 aromatic heterocycles. The second-order valence-corrected chi connectivity index (χ2v) is 6.72. The van der Waals surface area contributed by atoms with Gasteiger partial charge in [-0.05, 0) is 19.8 Å². The molecule has 0 saturated carbocycles. The van der Waals surface area contributed by atoms with Gasteiger partial charge < -0.3 is 5.11 Å². The van der Waals surface area contributed by atoms with Gasteiger partial charge in [-0.3, -0.25) is 5.10 Å². The first kappa shape index (κ1) is 15.1. The Morgan fingerprint density at radius 1 is 1.39 bits per heavy atom. The van der Waals surface area contributed by atoms with Crippen LogP contribution in [0.15, 0.2) is 4.90 Å². The summed E-state index contributed by atoms with van der Waals surface area (Å²) in [6.07, 6.45) is 0. The van der Waals surface area contributed by atoms with Gasteiger partial charge in [-0.2, -0.15) is 9.40 Å². The Labute approximate surface area is 108 Å². The van der Waals surface area contributed by atoms with Gasteiger partial charge in [0, 0.05) is 13.1 Å². The van der Waals surface area contributed by atoms with Crippen LogP contribution in [-0.2, 0) is 16.6 Å². The number of hydrogen-bond donors (Lipinski definition) is 2. The number of aliphatic hydroxyl groups excluding tert-OH is 1. The molecule has 6 nitrogen and oxygen atoms in total. The number of nitrogens with zero attached hydrogens (tertiary/aromatic N) is 2. The second-order valence-electron chi connectivity index (χ2n) is 4.79. The van der Waals surface area contributed by atoms with E-state index in [-0.39, 0.29) is 22.5 Å². The molecule has 0 fully saturated rings. The van der Waals surface area contributed by atoms with E-state index in [1.165, 1.54) is 4.31 Å². The number of nitrogens with one attached hydrogen (secondary N) is 1. The molecule has 18 heavy (non-hydrogen) atoms. The Bertz CT molecular complexity index is 508. The number of aromatic amines is 1. The highest BCUT2D eigenvalue weighted by Gasteiger charge is 2.31. The molecular weight excluding hydrogens is 254 g/mol. The summed E-state index contributed by atoms with van der Waals surface area (Å²) in [5.41, 5.74) is 0.608. The van der Waals surface area contributed by atoms with Gasteiger partial charge >= 0.3 is 0 Å². The lowest BCUT2D eigenvalue weighted by Gasteiger charge is -2.27. The molecule has 2 N–H and O–H groups in total. The van der Waals surface area contributed by atoms with Crippen molar-refractivity contribution in [2.24, 2.45) is 5.92 Å². The van der Waals surface area contributed by atoms with E-state index in [9.17, 15) is 8.42 Å². The molecule has 0 saturated heterocycles. The third kappa shape index (κ3) is 2.57. The zero-order chi connectivity index (χ0) is 14.1. The largest absolute Gasteiger partial charge is 0.390 e. The summed E-state index contributed by atoms with van der Waals surface area (Å²) >= 11 is 0. The highest BCUT2D eigenvalue weighted by molar-refractivity contribution is 7.89. The molecule has 0 amide bonds. The first-order valence-electron chi connectivity index (χ1n) is 5.86. The third-order valence-electron chi connectivity index (χ3n) is 3.29. The summed E-state index contributed by atoms with van der Waals surface area (Å²) in [7, 11) is -2.08. The lowest BCUT2D eigenvalue weighted by atomic mass is 10.1. The van der Waals surface area contributed by atoms with Crippen LogP contribution in [0.3, 0.4) is 0 Å². The molecule has 1 unspecified atom stereocenters. The SMILES string of the molecule is Cc1[nH]nc(CO)c1S(=O)(=O)N(C)C(C)C(C)C. The molecule has 7 heteroatoms. The fourth-order valence-electron chi connectivity index (χ4n) is 1.70. The van der Waals surface area contributed by atoms with Gasteiger partial charge in [0.1, 0.15) is 10.6 Å². The van der Waals surface area contributed by atoms with E-state index in [1.807, 2.05) is 20.8 Å². The van der Waals surface area contributed by atoms with Crippen LogP contribution in [-0.4, -0.2) is 41.1 Å². The molecule has 0 aliphatic carbocycles. The van der Waals surface area contributed by atoms with Crippen molar-refractivity contribution in [3.63, 3.8) is 0 Å². The Hall–Kier alpha value is -0.920. The molecule has 0 radical (unpaired) electrons. The zero-order valence-electron chi connectivity index (χ0n) is 11.4. The van der Waals surface area contributed by atoms with Gasteiger partial charge in [-0.15, -0.1) is 0 Å². The van der Waals surface area contributed by atoms with Crippen LogP contribution in [0.25, 0.3) is 0 Å². The Kier molecular flexibility index (Phi) is 4.52. The van der Waals surface area contributed by atoms with Crippen LogP contribution in [0.2, 0.25) is 0 Å². The second kappa shape index (κ2) is 5.38. The summed E-state index contributed by atoms with van der Waals surface area (Å²) < 4.78 is 26.3. The first-order chi connectivity index (χ1) is 8.23. The topological polar surface area (TPSA) is 86.3 Å². The fraction of sp³-hybridized carbons (Fsp3) is 0.727. The maximum atomic E-state index is 12.5. The minimum absolute atomic E-state index is 0.0833. The minimum Gasteiger partial charge on any atom is -0.390 e. The summed E-state index contributed by atoms with van der Waals surface area (Å²) in [5, 5.41) is 15.6. The Balaban J connectivity index is 3.25. The van der Waals surface area contributed by atoms with E-state index in [1.54, 1.807) is 14.0 Å². The van der Waals surface area contributed by atoms with Crippen molar-refractivity contribution in [3.8, 4) is 0 Å². The Morgan fingerprint density at radius 3 is 2.39 bits per heavy atom. The van der Waals surface area contributed by atoms with Crippen LogP contribution >= 0.6 is 0 Å². The van der Waals surface area contributed by atoms with Crippen molar-refractivity contribution in [2.75, 3.05) is 7.05 Å². The smallest absolute Gasteiger partial charge is 0.246 e. The van der Waals surface area contributed by atoms with Crippen LogP contribution in [0.4, 0.5) is 0 Å². The molecule has 1 atom stereocenters. The first-order valence-corrected chi connectivity index (χ1v) is 7.30. The average molecular weight is 275 g/mol. The lowest BCUT2D eigenvalue weighted by molar-refractivity contribution is 0.272. The molecule has 0 aliphatic heterocycles. The monoisotopic (exact) mass is 275 g/mol. The van der Waals surface area contributed by atoms with Gasteiger partial charge in [-0.25, -0.2) is 8.42 Å². The molecular formula is C11H21N3O3S. The van der Waals surface area contributed by atoms with Crippen molar-refractivity contribution in [2.45, 2.75) is 45.2 Å². The molecule has 0 aromatic carbocycles. The molecule has 1 rings (SSSR count). The van der Waals surface area contributed by atoms with E-state index in [0.717, 1.165) is 0 Å². The molecule has 1 heterocycles. The van der Waals surface area contributed by atoms with E-state index >= 15 is 0 Å². The summed E-state index contributed by atoms with van der Waals surface area (Å²) in [5.74, 6) is 0.203. The highest BCUT2D eigenvalue weighted by Crippen LogP contribution is 2.24. The normalized spacial score (nSPS) is 14.4. The number of aliphatic hydroxyl groups is 1. The number of aromatic nitrogens is 2. The predicted octanol–water partition coefficient (Wildman–Crippen LogP) is 0.875. The van der Waals surface area contributed by atoms with E-state index < -0.39 is 16.6 Å². The van der Waals surface area contributed by atoms with Crippen molar-refractivity contribution in [3.05, 3.63) is 11.4 Å². The zero-order valence-corrected chi connectivity index (χ0v) is 12.2. The lowest BCUT2D eigenvalue weighted by Crippen LogP contribution is -2.38. The standard InChI is InChI=1S/C11H21N3O3S/c1-7(2)9(4)14(5)18(16,17)11-8(3)12-13-10(11)6-15/h7,9,15H,6H2,1-5H3,(H,12,13). The predicted molar refractivity (Wildman–Crippen MR) is 68.5 cm³/mol. The van der Waals surface area contributed by atoms with Crippen molar-refractivity contribution in [1.82, 2.24) is 14.5 Å². The number of H-pyrrole nitrogens is 1. The van der Waals surface area contributed by atoms with Crippen LogP contribution in [0.1, 0.15) is 32.2 Å². The van der Waals surface area contributed by atoms with Gasteiger partial charge in [0.2, 0.25) is 10.0 Å². The summed E-state index contributed by atoms with van der Waals surface area (Å²) in [6, 6.07) is -0.129. The van der Waals surface area contributed by atoms with E-state index in [4.69, 9.17) is 5.11 Å². The van der Waals surface area contributed by atoms with Gasteiger partial charge in [-0.1, -0.05) is 13.8 Å². The maximum Gasteiger partial charge on any atom is 0.246 e. The van der Waals surface area contributed by atoms with Crippen molar-refractivity contribution in [1.29, 1.82) is 0 Å². The number of hydrogen-bond acceptors (Lipinski definition) is 4. The minimum atomic E-state index is -3.63. The highest BCUT2D eigenvalue weighted by atomic mass is 32.2. The van der Waals surface area contributed by atoms with Gasteiger partial charge in [0.05, 0.1) is 12.3 Å². The van der Waals surface area contributed by atoms with Gasteiger partial charge in [0.25, 0.3) is 0 Å². The quantitative estimate of drug-likeness (QED) is 0.835. The van der Waals surface area contributed by atoms with Gasteiger partial charge in [0.15, 0.2) is 0 Å². The maximum absolute atomic E-state index is 12.5.